The van der Waals surface area contributed by atoms with Crippen LogP contribution >= 0.6 is 0 Å². The normalized spacial score (nSPS) is 23.9. The molecule has 0 radical (unpaired) electrons. The number of hydrogen-bond donors (Lipinski definition) is 4. The zero-order valence-corrected chi connectivity index (χ0v) is 22.2. The number of aliphatic hydroxyl groups excluding tert-OH is 1. The Kier molecular flexibility index (Phi) is 8.07. The Morgan fingerprint density at radius 2 is 2.02 bits per heavy atom. The molecule has 1 aliphatic heterocycles. The van der Waals surface area contributed by atoms with Crippen LogP contribution in [0.1, 0.15) is 62.2 Å². The summed E-state index contributed by atoms with van der Waals surface area (Å²) in [5.41, 5.74) is 3.54. The van der Waals surface area contributed by atoms with E-state index in [1.54, 1.807) is 6.92 Å². The van der Waals surface area contributed by atoms with E-state index >= 15 is 0 Å². The first-order valence-electron chi connectivity index (χ1n) is 12.5. The first-order chi connectivity index (χ1) is 18.8. The molecule has 2 aromatic heterocycles. The van der Waals surface area contributed by atoms with Gasteiger partial charge in [-0.25, -0.2) is 14.4 Å². The van der Waals surface area contributed by atoms with Gasteiger partial charge in [0, 0.05) is 42.3 Å². The number of ether oxygens (including phenoxy) is 2. The summed E-state index contributed by atoms with van der Waals surface area (Å²) in [5, 5.41) is 12.4. The number of fused-ring (bicyclic) bond motifs is 1. The van der Waals surface area contributed by atoms with E-state index < -0.39 is 58.9 Å². The Labute approximate surface area is 226 Å². The minimum absolute atomic E-state index is 0.0239. The molecule has 9 nitrogen and oxygen atoms in total. The van der Waals surface area contributed by atoms with E-state index in [0.717, 1.165) is 20.1 Å². The van der Waals surface area contributed by atoms with Gasteiger partial charge in [-0.3, -0.25) is 4.79 Å². The number of hydrogen-bond acceptors (Lipinski definition) is 7. The molecule has 40 heavy (non-hydrogen) atoms. The van der Waals surface area contributed by atoms with E-state index in [-0.39, 0.29) is 48.0 Å². The van der Waals surface area contributed by atoms with Gasteiger partial charge in [0.05, 0.1) is 24.9 Å². The van der Waals surface area contributed by atoms with Crippen LogP contribution < -0.4 is 15.8 Å². The van der Waals surface area contributed by atoms with Crippen molar-refractivity contribution in [2.75, 3.05) is 25.6 Å². The highest BCUT2D eigenvalue weighted by atomic mass is 19.4. The van der Waals surface area contributed by atoms with Gasteiger partial charge in [0.25, 0.3) is 0 Å². The number of rotatable bonds is 8. The van der Waals surface area contributed by atoms with Crippen molar-refractivity contribution in [1.82, 2.24) is 15.0 Å². The van der Waals surface area contributed by atoms with Gasteiger partial charge in [-0.2, -0.15) is 17.6 Å². The summed E-state index contributed by atoms with van der Waals surface area (Å²) >= 11 is 0. The Morgan fingerprint density at radius 1 is 1.32 bits per heavy atom. The smallest absolute Gasteiger partial charge is 0.417 e. The van der Waals surface area contributed by atoms with Crippen LogP contribution in [-0.2, 0) is 9.53 Å². The van der Waals surface area contributed by atoms with Crippen LogP contribution in [0.15, 0.2) is 18.2 Å². The molecule has 0 spiro atoms. The van der Waals surface area contributed by atoms with Gasteiger partial charge in [0.2, 0.25) is 11.7 Å². The van der Waals surface area contributed by atoms with Crippen molar-refractivity contribution in [3.63, 3.8) is 0 Å². The molecule has 1 aromatic carbocycles. The maximum atomic E-state index is 14.7. The first kappa shape index (κ1) is 29.6. The standard InChI is InChI=1S/C26H30F5N5O4/c1-11(10-37)20-21-15(9-16(35-20)34-17(38)7-8-32)33-24(36-21)23-18(12(2)25(3,40-23)26(29,30)31)13-5-6-14(27)19(28)22(13)39-4/h5-6,9,11-12,18,23,37H,7-8,10,32H2,1-4H3,(H,33,36)(H,34,35,38)/t11-,12-,18-,23+,25+/m0/s1. The van der Waals surface area contributed by atoms with Crippen molar-refractivity contribution in [3.05, 3.63) is 46.9 Å². The average molecular weight is 572 g/mol. The van der Waals surface area contributed by atoms with E-state index in [9.17, 15) is 31.9 Å². The van der Waals surface area contributed by atoms with Crippen molar-refractivity contribution in [1.29, 1.82) is 0 Å². The molecule has 5 atom stereocenters. The predicted molar refractivity (Wildman–Crippen MR) is 135 cm³/mol. The summed E-state index contributed by atoms with van der Waals surface area (Å²) in [5.74, 6) is -6.43. The third-order valence-corrected chi connectivity index (χ3v) is 7.48. The lowest BCUT2D eigenvalue weighted by Gasteiger charge is -2.32. The molecule has 4 rings (SSSR count). The molecule has 0 unspecified atom stereocenters. The largest absolute Gasteiger partial charge is 0.493 e. The number of amides is 1. The number of anilines is 1. The molecule has 14 heteroatoms. The summed E-state index contributed by atoms with van der Waals surface area (Å²) < 4.78 is 82.5. The molecule has 5 N–H and O–H groups in total. The van der Waals surface area contributed by atoms with Crippen LogP contribution in [0.4, 0.5) is 27.8 Å². The van der Waals surface area contributed by atoms with E-state index in [1.165, 1.54) is 19.1 Å². The van der Waals surface area contributed by atoms with Gasteiger partial charge in [0.1, 0.15) is 23.3 Å². The zero-order valence-electron chi connectivity index (χ0n) is 22.2. The predicted octanol–water partition coefficient (Wildman–Crippen LogP) is 4.44. The number of nitrogens with one attached hydrogen (secondary N) is 2. The van der Waals surface area contributed by atoms with Crippen LogP contribution in [-0.4, -0.2) is 58.0 Å². The number of carbonyl (C=O) groups is 1. The first-order valence-corrected chi connectivity index (χ1v) is 12.5. The van der Waals surface area contributed by atoms with Gasteiger partial charge in [-0.1, -0.05) is 19.9 Å². The number of aromatic amines is 1. The highest BCUT2D eigenvalue weighted by Crippen LogP contribution is 2.59. The fraction of sp³-hybridized carbons (Fsp3) is 0.500. The fourth-order valence-corrected chi connectivity index (χ4v) is 5.07. The summed E-state index contributed by atoms with van der Waals surface area (Å²) in [4.78, 5) is 24.0. The lowest BCUT2D eigenvalue weighted by Crippen LogP contribution is -2.46. The van der Waals surface area contributed by atoms with Gasteiger partial charge < -0.3 is 30.6 Å². The highest BCUT2D eigenvalue weighted by Gasteiger charge is 2.65. The number of imidazole rings is 1. The Morgan fingerprint density at radius 3 is 2.62 bits per heavy atom. The summed E-state index contributed by atoms with van der Waals surface area (Å²) in [6.07, 6.45) is -6.20. The quantitative estimate of drug-likeness (QED) is 0.294. The lowest BCUT2D eigenvalue weighted by atomic mass is 9.77. The lowest BCUT2D eigenvalue weighted by molar-refractivity contribution is -0.275. The number of methoxy groups -OCH3 is 1. The van der Waals surface area contributed by atoms with Gasteiger partial charge in [-0.15, -0.1) is 0 Å². The number of pyridine rings is 1. The number of H-pyrrole nitrogens is 1. The van der Waals surface area contributed by atoms with Crippen molar-refractivity contribution >= 4 is 22.8 Å². The molecule has 1 amide bonds. The van der Waals surface area contributed by atoms with Gasteiger partial charge in [-0.05, 0) is 13.0 Å². The number of alkyl halides is 3. The van der Waals surface area contributed by atoms with Gasteiger partial charge >= 0.3 is 6.18 Å². The van der Waals surface area contributed by atoms with E-state index in [2.05, 4.69) is 20.3 Å². The van der Waals surface area contributed by atoms with Crippen LogP contribution in [0.3, 0.4) is 0 Å². The third kappa shape index (κ3) is 4.99. The number of aromatic nitrogens is 3. The average Bonchev–Trinajstić information content (AvgIpc) is 3.43. The molecular weight excluding hydrogens is 541 g/mol. The second-order valence-electron chi connectivity index (χ2n) is 10.0. The van der Waals surface area contributed by atoms with Crippen LogP contribution in [0.25, 0.3) is 11.0 Å². The van der Waals surface area contributed by atoms with Crippen molar-refractivity contribution in [3.8, 4) is 5.75 Å². The summed E-state index contributed by atoms with van der Waals surface area (Å²) in [6, 6.07) is 3.44. The molecule has 1 fully saturated rings. The molecule has 0 bridgehead atoms. The van der Waals surface area contributed by atoms with E-state index in [4.69, 9.17) is 15.2 Å². The Hall–Kier alpha value is -3.36. The van der Waals surface area contributed by atoms with E-state index in [1.807, 2.05) is 0 Å². The van der Waals surface area contributed by atoms with Crippen molar-refractivity contribution in [2.24, 2.45) is 11.7 Å². The summed E-state index contributed by atoms with van der Waals surface area (Å²) in [7, 11) is 1.09. The Balaban J connectivity index is 1.91. The molecule has 3 aromatic rings. The summed E-state index contributed by atoms with van der Waals surface area (Å²) in [6.45, 7) is 3.64. The van der Waals surface area contributed by atoms with Crippen molar-refractivity contribution in [2.45, 2.75) is 56.9 Å². The molecule has 1 saturated heterocycles. The molecule has 218 valence electrons. The zero-order chi connectivity index (χ0) is 29.6. The maximum Gasteiger partial charge on any atom is 0.417 e. The maximum absolute atomic E-state index is 14.7. The van der Waals surface area contributed by atoms with Crippen molar-refractivity contribution < 1.29 is 41.3 Å². The number of nitrogens with two attached hydrogens (primary N) is 1. The van der Waals surface area contributed by atoms with Crippen LogP contribution in [0.2, 0.25) is 0 Å². The fourth-order valence-electron chi connectivity index (χ4n) is 5.07. The number of halogens is 5. The number of nitrogens with zero attached hydrogens (tertiary/aromatic N) is 2. The molecule has 1 aliphatic rings. The SMILES string of the molecule is COc1c([C@H]2[C@H](c3nc4c([C@@H](C)CO)nc(NC(=O)CCN)cc4[nH]3)O[C@@](C)(C(F)(F)F)[C@H]2C)ccc(F)c1F. The van der Waals surface area contributed by atoms with Gasteiger partial charge in [0.15, 0.2) is 17.2 Å². The monoisotopic (exact) mass is 571 g/mol. The molecule has 0 aliphatic carbocycles. The molecule has 0 saturated carbocycles. The molecule has 3 heterocycles. The number of benzene rings is 1. The third-order valence-electron chi connectivity index (χ3n) is 7.48. The minimum Gasteiger partial charge on any atom is -0.493 e. The minimum atomic E-state index is -4.82. The second-order valence-corrected chi connectivity index (χ2v) is 10.0. The highest BCUT2D eigenvalue weighted by molar-refractivity contribution is 5.92. The van der Waals surface area contributed by atoms with Crippen LogP contribution in [0.5, 0.6) is 5.75 Å². The molecular formula is C26H30F5N5O4. The number of aliphatic hydroxyl groups is 1. The number of carbonyl (C=O) groups excluding carboxylic acids is 1. The van der Waals surface area contributed by atoms with Crippen LogP contribution in [0, 0.1) is 17.6 Å². The second kappa shape index (κ2) is 10.9. The van der Waals surface area contributed by atoms with E-state index in [0.29, 0.717) is 5.52 Å². The topological polar surface area (TPSA) is 135 Å². The Bertz CT molecular complexity index is 1410.